The molecule has 0 amide bonds. The normalized spacial score (nSPS) is 14.2. The van der Waals surface area contributed by atoms with Crippen LogP contribution in [0.1, 0.15) is 18.4 Å². The first-order valence-corrected chi connectivity index (χ1v) is 7.93. The Morgan fingerprint density at radius 3 is 2.76 bits per heavy atom. The molecule has 0 aliphatic heterocycles. The summed E-state index contributed by atoms with van der Waals surface area (Å²) >= 11 is 9.15. The van der Waals surface area contributed by atoms with Crippen molar-refractivity contribution in [2.45, 2.75) is 25.4 Å². The Balaban J connectivity index is 1.80. The summed E-state index contributed by atoms with van der Waals surface area (Å²) in [5, 5.41) is 3.54. The summed E-state index contributed by atoms with van der Waals surface area (Å²) in [4.78, 5) is 0. The van der Waals surface area contributed by atoms with Crippen LogP contribution in [0.4, 0.5) is 4.39 Å². The van der Waals surface area contributed by atoms with E-state index in [2.05, 4.69) is 21.2 Å². The van der Waals surface area contributed by atoms with Crippen molar-refractivity contribution in [1.82, 2.24) is 5.32 Å². The molecule has 2 aromatic carbocycles. The fraction of sp³-hybridized carbons (Fsp3) is 0.250. The van der Waals surface area contributed by atoms with Crippen molar-refractivity contribution in [3.8, 4) is 11.5 Å². The van der Waals surface area contributed by atoms with Crippen LogP contribution in [0, 0.1) is 5.82 Å². The minimum Gasteiger partial charge on any atom is -0.457 e. The van der Waals surface area contributed by atoms with E-state index in [1.807, 2.05) is 18.2 Å². The van der Waals surface area contributed by atoms with Gasteiger partial charge in [0.2, 0.25) is 0 Å². The molecule has 2 nitrogen and oxygen atoms in total. The number of hydrogen-bond donors (Lipinski definition) is 1. The molecule has 1 saturated carbocycles. The van der Waals surface area contributed by atoms with Crippen LogP contribution in [0.3, 0.4) is 0 Å². The van der Waals surface area contributed by atoms with Gasteiger partial charge in [-0.1, -0.05) is 27.5 Å². The molecule has 3 rings (SSSR count). The van der Waals surface area contributed by atoms with Gasteiger partial charge in [0, 0.05) is 28.7 Å². The first-order valence-electron chi connectivity index (χ1n) is 6.76. The maximum absolute atomic E-state index is 13.5. The topological polar surface area (TPSA) is 21.3 Å². The van der Waals surface area contributed by atoms with Gasteiger partial charge in [0.25, 0.3) is 0 Å². The Kier molecular flexibility index (Phi) is 4.48. The van der Waals surface area contributed by atoms with Crippen LogP contribution < -0.4 is 10.1 Å². The van der Waals surface area contributed by atoms with Gasteiger partial charge >= 0.3 is 0 Å². The van der Waals surface area contributed by atoms with Crippen molar-refractivity contribution in [2.75, 3.05) is 0 Å². The molecule has 110 valence electrons. The van der Waals surface area contributed by atoms with Gasteiger partial charge in [-0.3, -0.25) is 0 Å². The van der Waals surface area contributed by atoms with E-state index in [4.69, 9.17) is 16.3 Å². The second kappa shape index (κ2) is 6.34. The smallest absolute Gasteiger partial charge is 0.145 e. The van der Waals surface area contributed by atoms with E-state index < -0.39 is 5.82 Å². The molecule has 1 aliphatic rings. The number of ether oxygens (including phenoxy) is 1. The van der Waals surface area contributed by atoms with Crippen LogP contribution in [-0.2, 0) is 6.54 Å². The second-order valence-electron chi connectivity index (χ2n) is 5.09. The van der Waals surface area contributed by atoms with Gasteiger partial charge in [-0.05, 0) is 43.2 Å². The van der Waals surface area contributed by atoms with Gasteiger partial charge in [0.15, 0.2) is 0 Å². The Morgan fingerprint density at radius 1 is 1.24 bits per heavy atom. The van der Waals surface area contributed by atoms with E-state index >= 15 is 0 Å². The molecule has 1 aliphatic carbocycles. The quantitative estimate of drug-likeness (QED) is 0.772. The lowest BCUT2D eigenvalue weighted by molar-refractivity contribution is 0.467. The van der Waals surface area contributed by atoms with Crippen molar-refractivity contribution in [3.05, 3.63) is 57.3 Å². The second-order valence-corrected chi connectivity index (χ2v) is 6.41. The molecule has 2 aromatic rings. The molecular weight excluding hydrogens is 357 g/mol. The maximum Gasteiger partial charge on any atom is 0.145 e. The molecule has 0 spiro atoms. The Labute approximate surface area is 136 Å². The first-order chi connectivity index (χ1) is 10.1. The fourth-order valence-corrected chi connectivity index (χ4v) is 2.52. The van der Waals surface area contributed by atoms with Gasteiger partial charge < -0.3 is 10.1 Å². The van der Waals surface area contributed by atoms with Crippen molar-refractivity contribution in [1.29, 1.82) is 0 Å². The summed E-state index contributed by atoms with van der Waals surface area (Å²) < 4.78 is 20.3. The Hall–Kier alpha value is -1.10. The standard InChI is InChI=1S/C16H14BrClFNO/c17-11-1-6-16(10(7-11)9-20-12-2-3-12)21-13-4-5-14(18)15(19)8-13/h1,4-8,12,20H,2-3,9H2. The fourth-order valence-electron chi connectivity index (χ4n) is 1.99. The van der Waals surface area contributed by atoms with Crippen molar-refractivity contribution < 1.29 is 9.13 Å². The van der Waals surface area contributed by atoms with Gasteiger partial charge in [-0.25, -0.2) is 4.39 Å². The molecule has 0 heterocycles. The molecular formula is C16H14BrClFNO. The molecule has 0 bridgehead atoms. The van der Waals surface area contributed by atoms with Crippen molar-refractivity contribution >= 4 is 27.5 Å². The molecule has 0 unspecified atom stereocenters. The van der Waals surface area contributed by atoms with Crippen LogP contribution in [0.2, 0.25) is 5.02 Å². The summed E-state index contributed by atoms with van der Waals surface area (Å²) in [6, 6.07) is 10.9. The van der Waals surface area contributed by atoms with E-state index in [1.165, 1.54) is 25.0 Å². The highest BCUT2D eigenvalue weighted by atomic mass is 79.9. The van der Waals surface area contributed by atoms with Gasteiger partial charge in [0.1, 0.15) is 17.3 Å². The molecule has 5 heteroatoms. The summed E-state index contributed by atoms with van der Waals surface area (Å²) in [7, 11) is 0. The van der Waals surface area contributed by atoms with Gasteiger partial charge in [-0.2, -0.15) is 0 Å². The molecule has 0 aromatic heterocycles. The average Bonchev–Trinajstić information content (AvgIpc) is 3.27. The number of halogens is 3. The van der Waals surface area contributed by atoms with Gasteiger partial charge in [0.05, 0.1) is 5.02 Å². The lowest BCUT2D eigenvalue weighted by Crippen LogP contribution is -2.15. The SMILES string of the molecule is Fc1cc(Oc2ccc(Br)cc2CNC2CC2)ccc1Cl. The van der Waals surface area contributed by atoms with E-state index in [9.17, 15) is 4.39 Å². The molecule has 0 radical (unpaired) electrons. The van der Waals surface area contributed by atoms with Gasteiger partial charge in [-0.15, -0.1) is 0 Å². The maximum atomic E-state index is 13.5. The lowest BCUT2D eigenvalue weighted by Gasteiger charge is -2.12. The highest BCUT2D eigenvalue weighted by Crippen LogP contribution is 2.30. The number of hydrogen-bond acceptors (Lipinski definition) is 2. The summed E-state index contributed by atoms with van der Waals surface area (Å²) in [5.74, 6) is 0.670. The number of benzene rings is 2. The zero-order valence-electron chi connectivity index (χ0n) is 11.2. The van der Waals surface area contributed by atoms with Crippen LogP contribution in [0.5, 0.6) is 11.5 Å². The van der Waals surface area contributed by atoms with E-state index in [0.29, 0.717) is 17.5 Å². The summed E-state index contributed by atoms with van der Waals surface area (Å²) in [6.45, 7) is 0.732. The summed E-state index contributed by atoms with van der Waals surface area (Å²) in [6.07, 6.45) is 2.46. The number of rotatable bonds is 5. The zero-order valence-corrected chi connectivity index (χ0v) is 13.5. The molecule has 1 N–H and O–H groups in total. The molecule has 21 heavy (non-hydrogen) atoms. The third-order valence-corrected chi connectivity index (χ3v) is 4.10. The first kappa shape index (κ1) is 14.8. The Bertz CT molecular complexity index is 661. The van der Waals surface area contributed by atoms with Crippen LogP contribution in [0.25, 0.3) is 0 Å². The van der Waals surface area contributed by atoms with Crippen LogP contribution in [-0.4, -0.2) is 6.04 Å². The minimum absolute atomic E-state index is 0.0915. The number of nitrogens with one attached hydrogen (secondary N) is 1. The van der Waals surface area contributed by atoms with E-state index in [1.54, 1.807) is 6.07 Å². The predicted molar refractivity (Wildman–Crippen MR) is 85.5 cm³/mol. The van der Waals surface area contributed by atoms with Crippen molar-refractivity contribution in [2.24, 2.45) is 0 Å². The third kappa shape index (κ3) is 3.96. The molecule has 1 fully saturated rings. The highest BCUT2D eigenvalue weighted by molar-refractivity contribution is 9.10. The highest BCUT2D eigenvalue weighted by Gasteiger charge is 2.20. The van der Waals surface area contributed by atoms with E-state index in [0.717, 1.165) is 16.6 Å². The third-order valence-electron chi connectivity index (χ3n) is 3.30. The zero-order chi connectivity index (χ0) is 14.8. The minimum atomic E-state index is -0.482. The van der Waals surface area contributed by atoms with Crippen LogP contribution in [0.15, 0.2) is 40.9 Å². The lowest BCUT2D eigenvalue weighted by atomic mass is 10.2. The summed E-state index contributed by atoms with van der Waals surface area (Å²) in [5.41, 5.74) is 1.03. The molecule has 0 saturated heterocycles. The predicted octanol–water partition coefficient (Wildman–Crippen LogP) is 5.29. The largest absolute Gasteiger partial charge is 0.457 e. The monoisotopic (exact) mass is 369 g/mol. The average molecular weight is 371 g/mol. The Morgan fingerprint density at radius 2 is 2.05 bits per heavy atom. The molecule has 0 atom stereocenters. The van der Waals surface area contributed by atoms with Crippen molar-refractivity contribution in [3.63, 3.8) is 0 Å². The van der Waals surface area contributed by atoms with E-state index in [-0.39, 0.29) is 5.02 Å². The van der Waals surface area contributed by atoms with Crippen LogP contribution >= 0.6 is 27.5 Å².